The Labute approximate surface area is 114 Å². The van der Waals surface area contributed by atoms with Crippen molar-refractivity contribution in [1.29, 1.82) is 0 Å². The first-order valence-electron chi connectivity index (χ1n) is 6.53. The molecule has 0 rings (SSSR count). The highest BCUT2D eigenvalue weighted by Crippen LogP contribution is 1.81. The lowest BCUT2D eigenvalue weighted by atomic mass is 10.5. The number of hydrogen-bond donors (Lipinski definition) is 1. The van der Waals surface area contributed by atoms with Crippen molar-refractivity contribution in [3.8, 4) is 0 Å². The fourth-order valence-corrected chi connectivity index (χ4v) is 1.05. The molecule has 0 spiro atoms. The fourth-order valence-electron chi connectivity index (χ4n) is 1.05. The highest BCUT2D eigenvalue weighted by Gasteiger charge is 1.96. The molecule has 0 aliphatic carbocycles. The molecule has 1 N–H and O–H groups in total. The van der Waals surface area contributed by atoms with Crippen molar-refractivity contribution in [2.45, 2.75) is 0 Å². The second-order valence-corrected chi connectivity index (χ2v) is 5.44. The predicted molar refractivity (Wildman–Crippen MR) is 80.2 cm³/mol. The second kappa shape index (κ2) is 13.2. The Kier molecular flexibility index (Phi) is 14.8. The summed E-state index contributed by atoms with van der Waals surface area (Å²) >= 11 is 0. The third-order valence-electron chi connectivity index (χ3n) is 2.41. The van der Waals surface area contributed by atoms with E-state index >= 15 is 0 Å². The summed E-state index contributed by atoms with van der Waals surface area (Å²) in [5.74, 6) is 0. The van der Waals surface area contributed by atoms with Crippen molar-refractivity contribution in [2.24, 2.45) is 0 Å². The lowest BCUT2D eigenvalue weighted by Gasteiger charge is -2.17. The van der Waals surface area contributed by atoms with Crippen LogP contribution in [0.3, 0.4) is 0 Å². The molecular weight excluding hydrogens is 228 g/mol. The average Bonchev–Trinajstić information content (AvgIpc) is 2.25. The van der Waals surface area contributed by atoms with Crippen LogP contribution in [0.5, 0.6) is 0 Å². The molecule has 0 aliphatic rings. The number of likely N-dealkylation sites (N-methyl/N-ethyl adjacent to an activating group) is 4. The molecular formula is C13H34N4O. The van der Waals surface area contributed by atoms with E-state index < -0.39 is 0 Å². The van der Waals surface area contributed by atoms with Crippen LogP contribution in [0.2, 0.25) is 0 Å². The summed E-state index contributed by atoms with van der Waals surface area (Å²) < 4.78 is 0. The number of aliphatic hydroxyl groups is 1. The quantitative estimate of drug-likeness (QED) is 0.643. The van der Waals surface area contributed by atoms with Crippen LogP contribution in [0.15, 0.2) is 0 Å². The van der Waals surface area contributed by atoms with Gasteiger partial charge in [0.15, 0.2) is 0 Å². The van der Waals surface area contributed by atoms with E-state index in [1.807, 2.05) is 21.1 Å². The smallest absolute Gasteiger partial charge is 0.0558 e. The molecule has 112 valence electrons. The van der Waals surface area contributed by atoms with Gasteiger partial charge in [-0.3, -0.25) is 0 Å². The van der Waals surface area contributed by atoms with Crippen LogP contribution in [-0.4, -0.2) is 113 Å². The van der Waals surface area contributed by atoms with Gasteiger partial charge in [0, 0.05) is 32.7 Å². The highest BCUT2D eigenvalue weighted by atomic mass is 16.3. The minimum atomic E-state index is 0.254. The van der Waals surface area contributed by atoms with Crippen molar-refractivity contribution >= 4 is 0 Å². The summed E-state index contributed by atoms with van der Waals surface area (Å²) in [5, 5.41) is 8.55. The van der Waals surface area contributed by atoms with Gasteiger partial charge in [-0.2, -0.15) is 0 Å². The van der Waals surface area contributed by atoms with Gasteiger partial charge in [0.2, 0.25) is 0 Å². The summed E-state index contributed by atoms with van der Waals surface area (Å²) in [6.45, 7) is 5.39. The summed E-state index contributed by atoms with van der Waals surface area (Å²) in [4.78, 5) is 8.61. The SMILES string of the molecule is CN(C)CCN(C)C.CN(C)CCN(C)CCO. The first kappa shape index (κ1) is 20.1. The van der Waals surface area contributed by atoms with Crippen molar-refractivity contribution in [3.05, 3.63) is 0 Å². The lowest BCUT2D eigenvalue weighted by Crippen LogP contribution is -2.30. The Balaban J connectivity index is 0. The van der Waals surface area contributed by atoms with Crippen molar-refractivity contribution < 1.29 is 5.11 Å². The largest absolute Gasteiger partial charge is 0.395 e. The topological polar surface area (TPSA) is 33.2 Å². The molecule has 0 heterocycles. The van der Waals surface area contributed by atoms with E-state index in [1.165, 1.54) is 0 Å². The maximum atomic E-state index is 8.55. The molecule has 0 saturated heterocycles. The van der Waals surface area contributed by atoms with Crippen molar-refractivity contribution in [1.82, 2.24) is 19.6 Å². The zero-order valence-electron chi connectivity index (χ0n) is 13.5. The van der Waals surface area contributed by atoms with Gasteiger partial charge in [-0.05, 0) is 49.3 Å². The van der Waals surface area contributed by atoms with Crippen LogP contribution < -0.4 is 0 Å². The van der Waals surface area contributed by atoms with E-state index in [1.54, 1.807) is 0 Å². The Morgan fingerprint density at radius 1 is 0.556 bits per heavy atom. The van der Waals surface area contributed by atoms with Crippen LogP contribution in [-0.2, 0) is 0 Å². The van der Waals surface area contributed by atoms with E-state index in [2.05, 4.69) is 47.8 Å². The van der Waals surface area contributed by atoms with Crippen LogP contribution in [0.1, 0.15) is 0 Å². The van der Waals surface area contributed by atoms with Crippen LogP contribution in [0, 0.1) is 0 Å². The van der Waals surface area contributed by atoms with Crippen LogP contribution in [0.25, 0.3) is 0 Å². The molecule has 0 aliphatic heterocycles. The third-order valence-corrected chi connectivity index (χ3v) is 2.41. The first-order valence-corrected chi connectivity index (χ1v) is 6.53. The molecule has 0 aromatic rings. The van der Waals surface area contributed by atoms with Crippen LogP contribution >= 0.6 is 0 Å². The summed E-state index contributed by atoms with van der Waals surface area (Å²) in [5.41, 5.74) is 0. The molecule has 5 nitrogen and oxygen atoms in total. The minimum absolute atomic E-state index is 0.254. The standard InChI is InChI=1S/C7H18N2O.C6H16N2/c1-8(2)4-5-9(3)6-7-10;1-7(2)5-6-8(3)4/h10H,4-7H2,1-3H3;5-6H2,1-4H3. The van der Waals surface area contributed by atoms with E-state index in [9.17, 15) is 0 Å². The molecule has 0 aromatic heterocycles. The predicted octanol–water partition coefficient (Wildman–Crippen LogP) is -0.418. The zero-order valence-corrected chi connectivity index (χ0v) is 13.5. The van der Waals surface area contributed by atoms with Crippen LogP contribution in [0.4, 0.5) is 0 Å². The van der Waals surface area contributed by atoms with Gasteiger partial charge in [0.1, 0.15) is 0 Å². The Morgan fingerprint density at radius 3 is 1.17 bits per heavy atom. The van der Waals surface area contributed by atoms with E-state index in [0.717, 1.165) is 32.7 Å². The van der Waals surface area contributed by atoms with Gasteiger partial charge in [-0.1, -0.05) is 0 Å². The maximum Gasteiger partial charge on any atom is 0.0558 e. The Morgan fingerprint density at radius 2 is 0.889 bits per heavy atom. The van der Waals surface area contributed by atoms with E-state index in [0.29, 0.717) is 0 Å². The molecule has 5 heteroatoms. The van der Waals surface area contributed by atoms with Gasteiger partial charge in [-0.25, -0.2) is 0 Å². The molecule has 0 amide bonds. The van der Waals surface area contributed by atoms with Crippen molar-refractivity contribution in [3.63, 3.8) is 0 Å². The number of aliphatic hydroxyl groups excluding tert-OH is 1. The number of nitrogens with zero attached hydrogens (tertiary/aromatic N) is 4. The molecule has 0 saturated carbocycles. The number of hydrogen-bond acceptors (Lipinski definition) is 5. The summed E-state index contributed by atoms with van der Waals surface area (Å²) in [6, 6.07) is 0. The molecule has 0 atom stereocenters. The van der Waals surface area contributed by atoms with Gasteiger partial charge >= 0.3 is 0 Å². The van der Waals surface area contributed by atoms with Crippen molar-refractivity contribution in [2.75, 3.05) is 88.7 Å². The van der Waals surface area contributed by atoms with Gasteiger partial charge in [-0.15, -0.1) is 0 Å². The Hall–Kier alpha value is -0.200. The minimum Gasteiger partial charge on any atom is -0.395 e. The molecule has 0 radical (unpaired) electrons. The van der Waals surface area contributed by atoms with E-state index in [-0.39, 0.29) is 6.61 Å². The molecule has 0 unspecified atom stereocenters. The monoisotopic (exact) mass is 262 g/mol. The molecule has 0 fully saturated rings. The highest BCUT2D eigenvalue weighted by molar-refractivity contribution is 4.52. The molecule has 18 heavy (non-hydrogen) atoms. The van der Waals surface area contributed by atoms with Gasteiger partial charge < -0.3 is 24.7 Å². The maximum absolute atomic E-state index is 8.55. The summed E-state index contributed by atoms with van der Waals surface area (Å²) in [7, 11) is 14.5. The first-order chi connectivity index (χ1) is 8.29. The second-order valence-electron chi connectivity index (χ2n) is 5.44. The average molecular weight is 262 g/mol. The van der Waals surface area contributed by atoms with E-state index in [4.69, 9.17) is 5.11 Å². The fraction of sp³-hybridized carbons (Fsp3) is 1.00. The number of rotatable bonds is 8. The third kappa shape index (κ3) is 21.1. The zero-order chi connectivity index (χ0) is 14.6. The Bertz CT molecular complexity index is 155. The summed E-state index contributed by atoms with van der Waals surface area (Å²) in [6.07, 6.45) is 0. The van der Waals surface area contributed by atoms with Gasteiger partial charge in [0.25, 0.3) is 0 Å². The lowest BCUT2D eigenvalue weighted by molar-refractivity contribution is 0.209. The molecule has 0 bridgehead atoms. The van der Waals surface area contributed by atoms with Gasteiger partial charge in [0.05, 0.1) is 6.61 Å². The molecule has 0 aromatic carbocycles. The normalized spacial score (nSPS) is 11.3.